The molecule has 2 unspecified atom stereocenters. The second-order valence-corrected chi connectivity index (χ2v) is 10.0. The number of nitrogens with one attached hydrogen (secondary N) is 2. The summed E-state index contributed by atoms with van der Waals surface area (Å²) in [4.78, 5) is 41.6. The van der Waals surface area contributed by atoms with Crippen LogP contribution in [0.2, 0.25) is 0 Å². The Morgan fingerprint density at radius 2 is 1.68 bits per heavy atom. The van der Waals surface area contributed by atoms with Gasteiger partial charge in [0.25, 0.3) is 0 Å². The summed E-state index contributed by atoms with van der Waals surface area (Å²) in [5, 5.41) is 15.6. The third-order valence-corrected chi connectivity index (χ3v) is 5.77. The van der Waals surface area contributed by atoms with Gasteiger partial charge in [-0.2, -0.15) is 0 Å². The summed E-state index contributed by atoms with van der Waals surface area (Å²) < 4.78 is 5.42. The van der Waals surface area contributed by atoms with Gasteiger partial charge in [-0.05, 0) is 50.8 Å². The molecule has 0 saturated heterocycles. The summed E-state index contributed by atoms with van der Waals surface area (Å²) >= 11 is 0. The highest BCUT2D eigenvalue weighted by molar-refractivity contribution is 5.92. The van der Waals surface area contributed by atoms with Crippen LogP contribution in [0.25, 0.3) is 0 Å². The molecular weight excluding hydrogens is 470 g/mol. The molecule has 0 aliphatic heterocycles. The molecule has 2 atom stereocenters. The summed E-state index contributed by atoms with van der Waals surface area (Å²) in [6.07, 6.45) is 1.18. The first-order valence-electron chi connectivity index (χ1n) is 12.9. The molecule has 0 saturated carbocycles. The first kappa shape index (κ1) is 29.8. The second kappa shape index (κ2) is 14.4. The van der Waals surface area contributed by atoms with E-state index < -0.39 is 29.7 Å². The average Bonchev–Trinajstić information content (AvgIpc) is 2.83. The molecule has 37 heavy (non-hydrogen) atoms. The fourth-order valence-electron chi connectivity index (χ4n) is 4.00. The molecule has 8 heteroatoms. The fraction of sp³-hybridized carbons (Fsp3) is 0.483. The highest BCUT2D eigenvalue weighted by Crippen LogP contribution is 2.26. The van der Waals surface area contributed by atoms with Crippen molar-refractivity contribution in [2.24, 2.45) is 0 Å². The van der Waals surface area contributed by atoms with E-state index in [0.29, 0.717) is 12.1 Å². The fourth-order valence-corrected chi connectivity index (χ4v) is 4.00. The quantitative estimate of drug-likeness (QED) is 0.375. The molecule has 0 aliphatic rings. The summed E-state index contributed by atoms with van der Waals surface area (Å²) in [7, 11) is 0. The summed E-state index contributed by atoms with van der Waals surface area (Å²) in [6, 6.07) is 14.7. The zero-order valence-corrected chi connectivity index (χ0v) is 22.6. The number of benzene rings is 2. The van der Waals surface area contributed by atoms with Gasteiger partial charge in [-0.3, -0.25) is 9.59 Å². The SMILES string of the molecule is CCCCNC(=O)C(c1ccccc1C)N(CCO)C(=O)C(Cc1ccccc1)NC(=O)OC(C)(C)C. The number of aliphatic hydroxyl groups excluding tert-OH is 1. The minimum atomic E-state index is -1.02. The molecule has 202 valence electrons. The zero-order chi connectivity index (χ0) is 27.4. The Kier molecular flexibility index (Phi) is 11.6. The van der Waals surface area contributed by atoms with E-state index in [2.05, 4.69) is 10.6 Å². The zero-order valence-electron chi connectivity index (χ0n) is 22.6. The Balaban J connectivity index is 2.48. The smallest absolute Gasteiger partial charge is 0.408 e. The van der Waals surface area contributed by atoms with Gasteiger partial charge in [0.05, 0.1) is 6.61 Å². The number of aliphatic hydroxyl groups is 1. The van der Waals surface area contributed by atoms with Crippen molar-refractivity contribution in [1.82, 2.24) is 15.5 Å². The van der Waals surface area contributed by atoms with Crippen LogP contribution in [-0.4, -0.2) is 59.3 Å². The molecule has 0 aliphatic carbocycles. The van der Waals surface area contributed by atoms with E-state index in [1.165, 1.54) is 4.90 Å². The van der Waals surface area contributed by atoms with Crippen molar-refractivity contribution in [3.8, 4) is 0 Å². The van der Waals surface area contributed by atoms with Gasteiger partial charge >= 0.3 is 6.09 Å². The number of amides is 3. The number of carbonyl (C=O) groups excluding carboxylic acids is 3. The van der Waals surface area contributed by atoms with Gasteiger partial charge in [0.2, 0.25) is 11.8 Å². The van der Waals surface area contributed by atoms with Gasteiger partial charge < -0.3 is 25.4 Å². The Hall–Kier alpha value is -3.39. The lowest BCUT2D eigenvalue weighted by Gasteiger charge is -2.34. The van der Waals surface area contributed by atoms with Crippen molar-refractivity contribution in [2.75, 3.05) is 19.7 Å². The normalized spacial score (nSPS) is 12.8. The number of alkyl carbamates (subject to hydrolysis) is 1. The molecule has 0 bridgehead atoms. The molecule has 0 fully saturated rings. The number of aryl methyl sites for hydroxylation is 1. The third kappa shape index (κ3) is 9.53. The van der Waals surface area contributed by atoms with E-state index in [0.717, 1.165) is 24.0 Å². The topological polar surface area (TPSA) is 108 Å². The lowest BCUT2D eigenvalue weighted by molar-refractivity contribution is -0.143. The van der Waals surface area contributed by atoms with Gasteiger partial charge in [0, 0.05) is 19.5 Å². The van der Waals surface area contributed by atoms with E-state index in [1.807, 2.05) is 68.4 Å². The summed E-state index contributed by atoms with van der Waals surface area (Å²) in [6.45, 7) is 9.19. The number of hydrogen-bond acceptors (Lipinski definition) is 5. The predicted octanol–water partition coefficient (Wildman–Crippen LogP) is 3.91. The van der Waals surface area contributed by atoms with E-state index in [9.17, 15) is 19.5 Å². The van der Waals surface area contributed by atoms with Crippen LogP contribution in [0, 0.1) is 6.92 Å². The Bertz CT molecular complexity index is 1020. The number of hydrogen-bond donors (Lipinski definition) is 3. The predicted molar refractivity (Wildman–Crippen MR) is 144 cm³/mol. The lowest BCUT2D eigenvalue weighted by Crippen LogP contribution is -2.54. The van der Waals surface area contributed by atoms with E-state index in [1.54, 1.807) is 20.8 Å². The van der Waals surface area contributed by atoms with Crippen molar-refractivity contribution >= 4 is 17.9 Å². The highest BCUT2D eigenvalue weighted by atomic mass is 16.6. The van der Waals surface area contributed by atoms with Crippen molar-refractivity contribution in [3.05, 3.63) is 71.3 Å². The molecule has 3 N–H and O–H groups in total. The molecular formula is C29H41N3O5. The van der Waals surface area contributed by atoms with Crippen molar-refractivity contribution in [1.29, 1.82) is 0 Å². The van der Waals surface area contributed by atoms with Gasteiger partial charge in [-0.1, -0.05) is 67.9 Å². The van der Waals surface area contributed by atoms with E-state index >= 15 is 0 Å². The van der Waals surface area contributed by atoms with Gasteiger partial charge in [0.1, 0.15) is 17.7 Å². The Labute approximate surface area is 220 Å². The minimum Gasteiger partial charge on any atom is -0.444 e. The van der Waals surface area contributed by atoms with Crippen LogP contribution in [0.4, 0.5) is 4.79 Å². The van der Waals surface area contributed by atoms with Crippen LogP contribution < -0.4 is 10.6 Å². The maximum Gasteiger partial charge on any atom is 0.408 e. The maximum atomic E-state index is 14.1. The van der Waals surface area contributed by atoms with Crippen LogP contribution in [-0.2, 0) is 20.7 Å². The molecule has 2 aromatic rings. The lowest BCUT2D eigenvalue weighted by atomic mass is 9.97. The number of nitrogens with zero attached hydrogens (tertiary/aromatic N) is 1. The second-order valence-electron chi connectivity index (χ2n) is 10.0. The van der Waals surface area contributed by atoms with E-state index in [4.69, 9.17) is 4.74 Å². The molecule has 8 nitrogen and oxygen atoms in total. The van der Waals surface area contributed by atoms with Crippen molar-refractivity contribution < 1.29 is 24.2 Å². The van der Waals surface area contributed by atoms with Crippen molar-refractivity contribution in [2.45, 2.75) is 71.6 Å². The number of rotatable bonds is 12. The molecule has 0 spiro atoms. The molecule has 2 rings (SSSR count). The first-order valence-corrected chi connectivity index (χ1v) is 12.9. The van der Waals surface area contributed by atoms with Crippen molar-refractivity contribution in [3.63, 3.8) is 0 Å². The minimum absolute atomic E-state index is 0.0830. The van der Waals surface area contributed by atoms with Crippen LogP contribution in [0.5, 0.6) is 0 Å². The summed E-state index contributed by atoms with van der Waals surface area (Å²) in [5.74, 6) is -0.817. The largest absolute Gasteiger partial charge is 0.444 e. The van der Waals surface area contributed by atoms with Crippen LogP contribution in [0.1, 0.15) is 63.3 Å². The molecule has 0 radical (unpaired) electrons. The monoisotopic (exact) mass is 511 g/mol. The Morgan fingerprint density at radius 1 is 1.03 bits per heavy atom. The van der Waals surface area contributed by atoms with E-state index in [-0.39, 0.29) is 25.5 Å². The maximum absolute atomic E-state index is 14.1. The summed E-state index contributed by atoms with van der Waals surface area (Å²) in [5.41, 5.74) is 1.58. The molecule has 0 heterocycles. The van der Waals surface area contributed by atoms with Crippen LogP contribution >= 0.6 is 0 Å². The number of ether oxygens (including phenoxy) is 1. The van der Waals surface area contributed by atoms with Crippen LogP contribution in [0.3, 0.4) is 0 Å². The third-order valence-electron chi connectivity index (χ3n) is 5.77. The molecule has 0 aromatic heterocycles. The Morgan fingerprint density at radius 3 is 2.27 bits per heavy atom. The molecule has 3 amide bonds. The standard InChI is InChI=1S/C29H41N3O5/c1-6-7-17-30-26(34)25(23-16-12-11-13-21(23)2)32(18-19-33)27(35)24(20-22-14-9-8-10-15-22)31-28(36)37-29(3,4)5/h8-16,24-25,33H,6-7,17-20H2,1-5H3,(H,30,34)(H,31,36). The highest BCUT2D eigenvalue weighted by Gasteiger charge is 2.36. The number of carbonyl (C=O) groups is 3. The molecule has 2 aromatic carbocycles. The average molecular weight is 512 g/mol. The van der Waals surface area contributed by atoms with Gasteiger partial charge in [0.15, 0.2) is 0 Å². The van der Waals surface area contributed by atoms with Crippen LogP contribution in [0.15, 0.2) is 54.6 Å². The first-order chi connectivity index (χ1) is 17.6. The van der Waals surface area contributed by atoms with Gasteiger partial charge in [-0.25, -0.2) is 4.79 Å². The number of unbranched alkanes of at least 4 members (excludes halogenated alkanes) is 1. The van der Waals surface area contributed by atoms with Gasteiger partial charge in [-0.15, -0.1) is 0 Å².